The molecule has 2 heterocycles. The Balaban J connectivity index is 2.16. The van der Waals surface area contributed by atoms with E-state index in [1.807, 2.05) is 0 Å². The summed E-state index contributed by atoms with van der Waals surface area (Å²) >= 11 is 0. The second-order valence-corrected chi connectivity index (χ2v) is 4.39. The Morgan fingerprint density at radius 2 is 1.80 bits per heavy atom. The van der Waals surface area contributed by atoms with Gasteiger partial charge in [0.15, 0.2) is 0 Å². The van der Waals surface area contributed by atoms with Crippen LogP contribution in [0.3, 0.4) is 0 Å². The van der Waals surface area contributed by atoms with Crippen LogP contribution in [0.4, 0.5) is 5.69 Å². The van der Waals surface area contributed by atoms with Crippen molar-refractivity contribution in [1.29, 1.82) is 0 Å². The first-order valence-corrected chi connectivity index (χ1v) is 5.73. The van der Waals surface area contributed by atoms with Gasteiger partial charge in [0.2, 0.25) is 0 Å². The predicted molar refractivity (Wildman–Crippen MR) is 58.7 cm³/mol. The number of nitrogens with zero attached hydrogens (tertiary/aromatic N) is 1. The molecule has 0 bridgehead atoms. The van der Waals surface area contributed by atoms with E-state index in [1.54, 1.807) is 0 Å². The molecule has 0 fully saturated rings. The van der Waals surface area contributed by atoms with Crippen LogP contribution in [-0.2, 0) is 30.6 Å². The number of aromatic nitrogens is 1. The lowest BCUT2D eigenvalue weighted by molar-refractivity contribution is 0.109. The molecule has 15 heavy (non-hydrogen) atoms. The summed E-state index contributed by atoms with van der Waals surface area (Å²) in [4.78, 5) is 4.75. The zero-order valence-corrected chi connectivity index (χ0v) is 8.88. The SMILES string of the molecule is Nc1c2c(nc3c1COCC3)CCCC2. The van der Waals surface area contributed by atoms with E-state index in [4.69, 9.17) is 15.5 Å². The van der Waals surface area contributed by atoms with Gasteiger partial charge in [0.25, 0.3) is 0 Å². The van der Waals surface area contributed by atoms with Gasteiger partial charge in [-0.25, -0.2) is 0 Å². The third kappa shape index (κ3) is 1.42. The molecular weight excluding hydrogens is 188 g/mol. The normalized spacial score (nSPS) is 19.5. The van der Waals surface area contributed by atoms with Crippen LogP contribution in [0.15, 0.2) is 0 Å². The van der Waals surface area contributed by atoms with Crippen molar-refractivity contribution in [3.05, 3.63) is 22.5 Å². The minimum Gasteiger partial charge on any atom is -0.398 e. The van der Waals surface area contributed by atoms with Crippen LogP contribution in [0, 0.1) is 0 Å². The maximum atomic E-state index is 6.20. The Hall–Kier alpha value is -1.09. The molecule has 0 unspecified atom stereocenters. The van der Waals surface area contributed by atoms with Crippen molar-refractivity contribution in [2.24, 2.45) is 0 Å². The van der Waals surface area contributed by atoms with Crippen molar-refractivity contribution in [3.8, 4) is 0 Å². The summed E-state index contributed by atoms with van der Waals surface area (Å²) in [6.07, 6.45) is 5.63. The zero-order chi connectivity index (χ0) is 10.3. The zero-order valence-electron chi connectivity index (χ0n) is 8.88. The number of aryl methyl sites for hydroxylation is 1. The molecule has 3 heteroatoms. The topological polar surface area (TPSA) is 48.1 Å². The summed E-state index contributed by atoms with van der Waals surface area (Å²) in [6.45, 7) is 1.44. The molecule has 1 aromatic rings. The lowest BCUT2D eigenvalue weighted by atomic mass is 9.91. The molecule has 1 aliphatic carbocycles. The summed E-state index contributed by atoms with van der Waals surface area (Å²) in [5, 5.41) is 0. The van der Waals surface area contributed by atoms with Crippen molar-refractivity contribution in [1.82, 2.24) is 4.98 Å². The van der Waals surface area contributed by atoms with Crippen molar-refractivity contribution >= 4 is 5.69 Å². The first-order valence-electron chi connectivity index (χ1n) is 5.73. The number of pyridine rings is 1. The monoisotopic (exact) mass is 204 g/mol. The fourth-order valence-corrected chi connectivity index (χ4v) is 2.58. The van der Waals surface area contributed by atoms with Crippen molar-refractivity contribution in [2.75, 3.05) is 12.3 Å². The molecule has 1 aromatic heterocycles. The summed E-state index contributed by atoms with van der Waals surface area (Å²) in [6, 6.07) is 0. The second-order valence-electron chi connectivity index (χ2n) is 4.39. The molecule has 0 saturated carbocycles. The molecule has 80 valence electrons. The molecule has 3 nitrogen and oxygen atoms in total. The van der Waals surface area contributed by atoms with Crippen LogP contribution in [0.25, 0.3) is 0 Å². The first-order chi connectivity index (χ1) is 7.36. The van der Waals surface area contributed by atoms with Gasteiger partial charge in [0.05, 0.1) is 18.9 Å². The number of hydrogen-bond donors (Lipinski definition) is 1. The van der Waals surface area contributed by atoms with Crippen LogP contribution >= 0.6 is 0 Å². The van der Waals surface area contributed by atoms with E-state index in [-0.39, 0.29) is 0 Å². The van der Waals surface area contributed by atoms with Crippen LogP contribution in [0.1, 0.15) is 35.4 Å². The highest BCUT2D eigenvalue weighted by atomic mass is 16.5. The number of ether oxygens (including phenoxy) is 1. The van der Waals surface area contributed by atoms with Crippen LogP contribution < -0.4 is 5.73 Å². The Morgan fingerprint density at radius 3 is 2.73 bits per heavy atom. The largest absolute Gasteiger partial charge is 0.398 e. The third-order valence-corrected chi connectivity index (χ3v) is 3.44. The highest BCUT2D eigenvalue weighted by Crippen LogP contribution is 2.31. The van der Waals surface area contributed by atoms with Gasteiger partial charge in [-0.3, -0.25) is 4.98 Å². The fraction of sp³-hybridized carbons (Fsp3) is 0.583. The summed E-state index contributed by atoms with van der Waals surface area (Å²) < 4.78 is 5.45. The molecule has 0 atom stereocenters. The van der Waals surface area contributed by atoms with Gasteiger partial charge in [-0.05, 0) is 31.2 Å². The summed E-state index contributed by atoms with van der Waals surface area (Å²) in [7, 11) is 0. The average molecular weight is 204 g/mol. The molecule has 0 amide bonds. The molecule has 3 rings (SSSR count). The number of hydrogen-bond acceptors (Lipinski definition) is 3. The Bertz CT molecular complexity index is 367. The van der Waals surface area contributed by atoms with E-state index in [9.17, 15) is 0 Å². The average Bonchev–Trinajstić information content (AvgIpc) is 2.30. The minimum absolute atomic E-state index is 0.654. The Labute approximate surface area is 89.6 Å². The van der Waals surface area contributed by atoms with E-state index < -0.39 is 0 Å². The smallest absolute Gasteiger partial charge is 0.0755 e. The van der Waals surface area contributed by atoms with E-state index in [2.05, 4.69) is 0 Å². The number of nitrogens with two attached hydrogens (primary N) is 1. The van der Waals surface area contributed by atoms with E-state index >= 15 is 0 Å². The number of rotatable bonds is 0. The van der Waals surface area contributed by atoms with Gasteiger partial charge < -0.3 is 10.5 Å². The maximum absolute atomic E-state index is 6.20. The predicted octanol–water partition coefficient (Wildman–Crippen LogP) is 1.62. The Morgan fingerprint density at radius 1 is 1.00 bits per heavy atom. The van der Waals surface area contributed by atoms with Gasteiger partial charge in [0.1, 0.15) is 0 Å². The number of nitrogen functional groups attached to an aromatic ring is 1. The molecule has 0 radical (unpaired) electrons. The quantitative estimate of drug-likeness (QED) is 0.698. The van der Waals surface area contributed by atoms with Crippen LogP contribution in [-0.4, -0.2) is 11.6 Å². The van der Waals surface area contributed by atoms with Crippen molar-refractivity contribution in [3.63, 3.8) is 0 Å². The summed E-state index contributed by atoms with van der Waals surface area (Å²) in [5.41, 5.74) is 12.1. The molecule has 0 aromatic carbocycles. The van der Waals surface area contributed by atoms with Gasteiger partial charge in [-0.2, -0.15) is 0 Å². The fourth-order valence-electron chi connectivity index (χ4n) is 2.58. The maximum Gasteiger partial charge on any atom is 0.0755 e. The lowest BCUT2D eigenvalue weighted by Crippen LogP contribution is -2.19. The molecule has 1 aliphatic heterocycles. The van der Waals surface area contributed by atoms with Gasteiger partial charge in [-0.1, -0.05) is 0 Å². The van der Waals surface area contributed by atoms with Gasteiger partial charge >= 0.3 is 0 Å². The minimum atomic E-state index is 0.654. The van der Waals surface area contributed by atoms with Crippen molar-refractivity contribution < 1.29 is 4.74 Å². The highest BCUT2D eigenvalue weighted by Gasteiger charge is 2.21. The molecular formula is C12H16N2O. The van der Waals surface area contributed by atoms with E-state index in [0.29, 0.717) is 6.61 Å². The van der Waals surface area contributed by atoms with Crippen LogP contribution in [0.5, 0.6) is 0 Å². The molecule has 2 aliphatic rings. The van der Waals surface area contributed by atoms with E-state index in [1.165, 1.54) is 29.8 Å². The van der Waals surface area contributed by atoms with Crippen LogP contribution in [0.2, 0.25) is 0 Å². The van der Waals surface area contributed by atoms with Gasteiger partial charge in [-0.15, -0.1) is 0 Å². The van der Waals surface area contributed by atoms with Gasteiger partial charge in [0, 0.05) is 23.4 Å². The van der Waals surface area contributed by atoms with E-state index in [0.717, 1.165) is 37.1 Å². The number of anilines is 1. The number of fused-ring (bicyclic) bond motifs is 2. The molecule has 0 spiro atoms. The highest BCUT2D eigenvalue weighted by molar-refractivity contribution is 5.58. The first kappa shape index (κ1) is 9.16. The van der Waals surface area contributed by atoms with Crippen molar-refractivity contribution in [2.45, 2.75) is 38.7 Å². The summed E-state index contributed by atoms with van der Waals surface area (Å²) in [5.74, 6) is 0. The standard InChI is InChI=1S/C12H16N2O/c13-12-8-3-1-2-4-10(8)14-11-5-6-15-7-9(11)12/h1-7H2,(H2,13,14). The Kier molecular flexibility index (Phi) is 2.13. The lowest BCUT2D eigenvalue weighted by Gasteiger charge is -2.24. The third-order valence-electron chi connectivity index (χ3n) is 3.44. The molecule has 2 N–H and O–H groups in total. The second kappa shape index (κ2) is 3.49. The molecule has 0 saturated heterocycles.